The SMILES string of the molecule is CCCn1ncc(C(=O)N2CCCC2c2nc3ccc(C)cc3[nH]2)c1C. The number of aryl methyl sites for hydroxylation is 2. The van der Waals surface area contributed by atoms with Gasteiger partial charge in [0.15, 0.2) is 0 Å². The van der Waals surface area contributed by atoms with Crippen LogP contribution in [-0.2, 0) is 6.54 Å². The average Bonchev–Trinajstić information content (AvgIpc) is 3.33. The van der Waals surface area contributed by atoms with Gasteiger partial charge in [0.2, 0.25) is 0 Å². The molecule has 1 fully saturated rings. The zero-order chi connectivity index (χ0) is 18.3. The molecule has 6 heteroatoms. The van der Waals surface area contributed by atoms with Crippen molar-refractivity contribution >= 4 is 16.9 Å². The fourth-order valence-electron chi connectivity index (χ4n) is 3.84. The number of carbonyl (C=O) groups excluding carboxylic acids is 1. The first-order valence-corrected chi connectivity index (χ1v) is 9.38. The van der Waals surface area contributed by atoms with Crippen molar-refractivity contribution in [3.63, 3.8) is 0 Å². The van der Waals surface area contributed by atoms with Crippen LogP contribution in [0.1, 0.15) is 59.7 Å². The molecule has 2 aromatic heterocycles. The second kappa shape index (κ2) is 6.59. The molecule has 1 aliphatic heterocycles. The van der Waals surface area contributed by atoms with E-state index in [2.05, 4.69) is 36.1 Å². The summed E-state index contributed by atoms with van der Waals surface area (Å²) in [6.07, 6.45) is 4.65. The lowest BCUT2D eigenvalue weighted by molar-refractivity contribution is 0.0729. The number of amides is 1. The third-order valence-corrected chi connectivity index (χ3v) is 5.25. The number of likely N-dealkylation sites (tertiary alicyclic amines) is 1. The van der Waals surface area contributed by atoms with Crippen LogP contribution in [-0.4, -0.2) is 37.1 Å². The molecule has 136 valence electrons. The van der Waals surface area contributed by atoms with Crippen molar-refractivity contribution in [2.24, 2.45) is 0 Å². The lowest BCUT2D eigenvalue weighted by atomic mass is 10.2. The fourth-order valence-corrected chi connectivity index (χ4v) is 3.84. The lowest BCUT2D eigenvalue weighted by Crippen LogP contribution is -2.31. The number of aromatic amines is 1. The second-order valence-electron chi connectivity index (χ2n) is 7.17. The van der Waals surface area contributed by atoms with Gasteiger partial charge in [-0.3, -0.25) is 9.48 Å². The maximum atomic E-state index is 13.2. The fraction of sp³-hybridized carbons (Fsp3) is 0.450. The van der Waals surface area contributed by atoms with E-state index >= 15 is 0 Å². The third-order valence-electron chi connectivity index (χ3n) is 5.25. The Morgan fingerprint density at radius 3 is 3.00 bits per heavy atom. The Bertz CT molecular complexity index is 954. The molecule has 0 saturated carbocycles. The summed E-state index contributed by atoms with van der Waals surface area (Å²) in [6.45, 7) is 7.76. The maximum Gasteiger partial charge on any atom is 0.257 e. The highest BCUT2D eigenvalue weighted by Crippen LogP contribution is 2.33. The van der Waals surface area contributed by atoms with Crippen LogP contribution in [0, 0.1) is 13.8 Å². The highest BCUT2D eigenvalue weighted by molar-refractivity contribution is 5.95. The smallest absolute Gasteiger partial charge is 0.257 e. The molecule has 0 radical (unpaired) electrons. The van der Waals surface area contributed by atoms with Crippen molar-refractivity contribution in [3.05, 3.63) is 47.0 Å². The minimum absolute atomic E-state index is 0.00383. The van der Waals surface area contributed by atoms with Crippen molar-refractivity contribution in [2.45, 2.75) is 52.6 Å². The predicted octanol–water partition coefficient (Wildman–Crippen LogP) is 3.76. The quantitative estimate of drug-likeness (QED) is 0.778. The minimum atomic E-state index is 0.00383. The molecule has 3 aromatic rings. The van der Waals surface area contributed by atoms with Crippen LogP contribution in [0.4, 0.5) is 0 Å². The first kappa shape index (κ1) is 16.8. The molecule has 1 unspecified atom stereocenters. The van der Waals surface area contributed by atoms with Gasteiger partial charge in [0.1, 0.15) is 5.82 Å². The van der Waals surface area contributed by atoms with Gasteiger partial charge in [-0.05, 0) is 50.8 Å². The van der Waals surface area contributed by atoms with Gasteiger partial charge in [-0.1, -0.05) is 13.0 Å². The Balaban J connectivity index is 1.64. The Kier molecular flexibility index (Phi) is 4.26. The zero-order valence-corrected chi connectivity index (χ0v) is 15.6. The first-order chi connectivity index (χ1) is 12.6. The Labute approximate surface area is 153 Å². The van der Waals surface area contributed by atoms with Crippen LogP contribution in [0.5, 0.6) is 0 Å². The number of H-pyrrole nitrogens is 1. The van der Waals surface area contributed by atoms with E-state index in [1.165, 1.54) is 5.56 Å². The van der Waals surface area contributed by atoms with Gasteiger partial charge in [-0.15, -0.1) is 0 Å². The van der Waals surface area contributed by atoms with Gasteiger partial charge in [0.25, 0.3) is 5.91 Å². The number of benzene rings is 1. The van der Waals surface area contributed by atoms with Crippen molar-refractivity contribution in [2.75, 3.05) is 6.54 Å². The summed E-state index contributed by atoms with van der Waals surface area (Å²) in [6, 6.07) is 6.20. The standard InChI is InChI=1S/C20H25N5O/c1-4-9-25-14(3)15(12-21-25)20(26)24-10-5-6-18(24)19-22-16-8-7-13(2)11-17(16)23-19/h7-8,11-12,18H,4-6,9-10H2,1-3H3,(H,22,23). The molecule has 1 amide bonds. The molecule has 1 aromatic carbocycles. The third kappa shape index (κ3) is 2.79. The zero-order valence-electron chi connectivity index (χ0n) is 15.6. The van der Waals surface area contributed by atoms with Crippen LogP contribution < -0.4 is 0 Å². The van der Waals surface area contributed by atoms with Gasteiger partial charge >= 0.3 is 0 Å². The Hall–Kier alpha value is -2.63. The van der Waals surface area contributed by atoms with Gasteiger partial charge in [0, 0.05) is 18.8 Å². The number of nitrogens with zero attached hydrogens (tertiary/aromatic N) is 4. The monoisotopic (exact) mass is 351 g/mol. The molecule has 26 heavy (non-hydrogen) atoms. The van der Waals surface area contributed by atoms with Crippen LogP contribution in [0.3, 0.4) is 0 Å². The molecule has 0 bridgehead atoms. The molecule has 1 saturated heterocycles. The summed E-state index contributed by atoms with van der Waals surface area (Å²) in [5.74, 6) is 0.944. The molecule has 0 spiro atoms. The van der Waals surface area contributed by atoms with Gasteiger partial charge in [0.05, 0.1) is 28.8 Å². The summed E-state index contributed by atoms with van der Waals surface area (Å²) < 4.78 is 1.92. The topological polar surface area (TPSA) is 66.8 Å². The molecule has 1 N–H and O–H groups in total. The van der Waals surface area contributed by atoms with Gasteiger partial charge in [-0.2, -0.15) is 5.10 Å². The van der Waals surface area contributed by atoms with E-state index in [0.717, 1.165) is 54.9 Å². The van der Waals surface area contributed by atoms with Crippen LogP contribution >= 0.6 is 0 Å². The summed E-state index contributed by atoms with van der Waals surface area (Å²) in [4.78, 5) is 23.3. The van der Waals surface area contributed by atoms with Crippen molar-refractivity contribution in [3.8, 4) is 0 Å². The van der Waals surface area contributed by atoms with Crippen molar-refractivity contribution < 1.29 is 4.79 Å². The Morgan fingerprint density at radius 1 is 1.35 bits per heavy atom. The molecule has 3 heterocycles. The van der Waals surface area contributed by atoms with Crippen molar-refractivity contribution in [1.82, 2.24) is 24.6 Å². The molecular weight excluding hydrogens is 326 g/mol. The average molecular weight is 351 g/mol. The molecule has 6 nitrogen and oxygen atoms in total. The molecular formula is C20H25N5O. The minimum Gasteiger partial charge on any atom is -0.340 e. The van der Waals surface area contributed by atoms with E-state index in [1.54, 1.807) is 6.20 Å². The summed E-state index contributed by atoms with van der Waals surface area (Å²) in [5, 5.41) is 4.39. The largest absolute Gasteiger partial charge is 0.340 e. The molecule has 4 rings (SSSR count). The highest BCUT2D eigenvalue weighted by atomic mass is 16.2. The number of rotatable bonds is 4. The molecule has 0 aliphatic carbocycles. The molecule has 1 atom stereocenters. The normalized spacial score (nSPS) is 17.3. The summed E-state index contributed by atoms with van der Waals surface area (Å²) >= 11 is 0. The summed E-state index contributed by atoms with van der Waals surface area (Å²) in [5.41, 5.74) is 4.84. The number of fused-ring (bicyclic) bond motifs is 1. The number of carbonyl (C=O) groups is 1. The Morgan fingerprint density at radius 2 is 2.19 bits per heavy atom. The number of aromatic nitrogens is 4. The van der Waals surface area contributed by atoms with E-state index in [9.17, 15) is 4.79 Å². The van der Waals surface area contributed by atoms with Gasteiger partial charge < -0.3 is 9.88 Å². The lowest BCUT2D eigenvalue weighted by Gasteiger charge is -2.23. The second-order valence-corrected chi connectivity index (χ2v) is 7.17. The van der Waals surface area contributed by atoms with E-state index < -0.39 is 0 Å². The van der Waals surface area contributed by atoms with Crippen LogP contribution in [0.15, 0.2) is 24.4 Å². The van der Waals surface area contributed by atoms with Crippen LogP contribution in [0.2, 0.25) is 0 Å². The number of hydrogen-bond donors (Lipinski definition) is 1. The summed E-state index contributed by atoms with van der Waals surface area (Å²) in [7, 11) is 0. The predicted molar refractivity (Wildman–Crippen MR) is 101 cm³/mol. The van der Waals surface area contributed by atoms with E-state index in [1.807, 2.05) is 22.6 Å². The highest BCUT2D eigenvalue weighted by Gasteiger charge is 2.34. The van der Waals surface area contributed by atoms with E-state index in [-0.39, 0.29) is 11.9 Å². The van der Waals surface area contributed by atoms with E-state index in [0.29, 0.717) is 5.56 Å². The van der Waals surface area contributed by atoms with Crippen LogP contribution in [0.25, 0.3) is 11.0 Å². The first-order valence-electron chi connectivity index (χ1n) is 9.38. The van der Waals surface area contributed by atoms with E-state index in [4.69, 9.17) is 4.98 Å². The number of imidazole rings is 1. The van der Waals surface area contributed by atoms with Gasteiger partial charge in [-0.25, -0.2) is 4.98 Å². The van der Waals surface area contributed by atoms with Crippen molar-refractivity contribution in [1.29, 1.82) is 0 Å². The number of nitrogens with one attached hydrogen (secondary N) is 1. The number of hydrogen-bond acceptors (Lipinski definition) is 3. The maximum absolute atomic E-state index is 13.2. The molecule has 1 aliphatic rings.